The Hall–Kier alpha value is -2.76. The van der Waals surface area contributed by atoms with Crippen LogP contribution in [0.15, 0.2) is 46.6 Å². The molecular weight excluding hydrogens is 330 g/mol. The maximum atomic E-state index is 11.8. The number of phenols is 1. The van der Waals surface area contributed by atoms with Crippen molar-refractivity contribution < 1.29 is 10.0 Å². The second-order valence-electron chi connectivity index (χ2n) is 8.34. The zero-order chi connectivity index (χ0) is 19.7. The van der Waals surface area contributed by atoms with E-state index in [2.05, 4.69) is 10.2 Å². The number of azo groups is 1. The molecule has 6 heteroatoms. The number of hydrogen-bond acceptors (Lipinski definition) is 5. The van der Waals surface area contributed by atoms with Gasteiger partial charge < -0.3 is 5.11 Å². The average Bonchev–Trinajstić information content (AvgIpc) is 2.51. The van der Waals surface area contributed by atoms with Crippen molar-refractivity contribution in [3.63, 3.8) is 0 Å². The average molecular weight is 355 g/mol. The van der Waals surface area contributed by atoms with Crippen molar-refractivity contribution in [2.75, 3.05) is 0 Å². The van der Waals surface area contributed by atoms with Gasteiger partial charge in [-0.1, -0.05) is 53.7 Å². The lowest BCUT2D eigenvalue weighted by Gasteiger charge is -2.25. The van der Waals surface area contributed by atoms with Crippen LogP contribution in [0.5, 0.6) is 5.75 Å². The Morgan fingerprint density at radius 1 is 0.923 bits per heavy atom. The Morgan fingerprint density at radius 2 is 1.50 bits per heavy atom. The number of benzene rings is 2. The zero-order valence-electron chi connectivity index (χ0n) is 16.1. The third-order valence-electron chi connectivity index (χ3n) is 4.09. The number of aromatic hydroxyl groups is 1. The van der Waals surface area contributed by atoms with Crippen molar-refractivity contribution in [3.8, 4) is 5.75 Å². The monoisotopic (exact) mass is 355 g/mol. The number of rotatable bonds is 3. The minimum atomic E-state index is -0.428. The van der Waals surface area contributed by atoms with Gasteiger partial charge in [0.15, 0.2) is 5.69 Å². The molecule has 0 spiro atoms. The Bertz CT molecular complexity index is 860. The van der Waals surface area contributed by atoms with Gasteiger partial charge in [0.25, 0.3) is 5.69 Å². The molecule has 0 fully saturated rings. The number of hydrogen-bond donors (Lipinski definition) is 1. The predicted octanol–water partition coefficient (Wildman–Crippen LogP) is 6.31. The van der Waals surface area contributed by atoms with Gasteiger partial charge in [-0.3, -0.25) is 10.1 Å². The first-order valence-corrected chi connectivity index (χ1v) is 8.44. The van der Waals surface area contributed by atoms with Crippen LogP contribution in [-0.2, 0) is 10.8 Å². The van der Waals surface area contributed by atoms with E-state index in [1.807, 2.05) is 47.6 Å². The van der Waals surface area contributed by atoms with E-state index in [1.54, 1.807) is 24.3 Å². The Morgan fingerprint density at radius 3 is 2.00 bits per heavy atom. The number of phenolic OH excluding ortho intramolecular Hbond substituents is 1. The molecule has 0 aliphatic rings. The molecule has 2 rings (SSSR count). The van der Waals surface area contributed by atoms with Crippen LogP contribution in [0.4, 0.5) is 17.1 Å². The summed E-state index contributed by atoms with van der Waals surface area (Å²) in [5.41, 5.74) is 1.33. The summed E-state index contributed by atoms with van der Waals surface area (Å²) in [4.78, 5) is 11.4. The molecule has 0 radical (unpaired) electrons. The quantitative estimate of drug-likeness (QED) is 0.397. The van der Waals surface area contributed by atoms with Gasteiger partial charge >= 0.3 is 0 Å². The summed E-state index contributed by atoms with van der Waals surface area (Å²) < 4.78 is 0. The van der Waals surface area contributed by atoms with Gasteiger partial charge in [-0.25, -0.2) is 0 Å². The lowest BCUT2D eigenvalue weighted by molar-refractivity contribution is -0.385. The van der Waals surface area contributed by atoms with Crippen LogP contribution in [0.25, 0.3) is 0 Å². The van der Waals surface area contributed by atoms with Gasteiger partial charge in [0, 0.05) is 5.56 Å². The first kappa shape index (κ1) is 19.6. The van der Waals surface area contributed by atoms with Crippen LogP contribution in [0, 0.1) is 10.1 Å². The van der Waals surface area contributed by atoms with Crippen LogP contribution >= 0.6 is 0 Å². The minimum Gasteiger partial charge on any atom is -0.506 e. The van der Waals surface area contributed by atoms with E-state index in [4.69, 9.17) is 0 Å². The van der Waals surface area contributed by atoms with E-state index in [9.17, 15) is 15.2 Å². The van der Waals surface area contributed by atoms with Gasteiger partial charge in [-0.2, -0.15) is 0 Å². The summed E-state index contributed by atoms with van der Waals surface area (Å²) in [5, 5.41) is 29.8. The summed E-state index contributed by atoms with van der Waals surface area (Å²) in [6.45, 7) is 11.9. The molecule has 0 saturated heterocycles. The largest absolute Gasteiger partial charge is 0.506 e. The molecule has 0 bridgehead atoms. The third-order valence-corrected chi connectivity index (χ3v) is 4.09. The molecule has 0 atom stereocenters. The highest BCUT2D eigenvalue weighted by molar-refractivity contribution is 5.66. The molecule has 0 heterocycles. The van der Waals surface area contributed by atoms with E-state index in [-0.39, 0.29) is 28.2 Å². The SMILES string of the molecule is CC(C)(C)c1cc(/N=N/c2ccccc2O)c([N+](=O)[O-])c(C(C)(C)C)c1. The molecule has 0 unspecified atom stereocenters. The number of nitro benzene ring substituents is 1. The summed E-state index contributed by atoms with van der Waals surface area (Å²) in [5.74, 6) is -0.0260. The molecule has 0 saturated carbocycles. The van der Waals surface area contributed by atoms with Crippen LogP contribution in [0.3, 0.4) is 0 Å². The van der Waals surface area contributed by atoms with E-state index >= 15 is 0 Å². The van der Waals surface area contributed by atoms with Crippen LogP contribution in [-0.4, -0.2) is 10.0 Å². The molecule has 26 heavy (non-hydrogen) atoms. The third kappa shape index (κ3) is 4.25. The van der Waals surface area contributed by atoms with Gasteiger partial charge in [-0.15, -0.1) is 10.2 Å². The molecule has 0 aromatic heterocycles. The molecule has 2 aromatic carbocycles. The summed E-state index contributed by atoms with van der Waals surface area (Å²) >= 11 is 0. The van der Waals surface area contributed by atoms with E-state index in [1.165, 1.54) is 6.07 Å². The van der Waals surface area contributed by atoms with Crippen LogP contribution in [0.2, 0.25) is 0 Å². The van der Waals surface area contributed by atoms with Crippen molar-refractivity contribution in [2.24, 2.45) is 10.2 Å². The second-order valence-corrected chi connectivity index (χ2v) is 8.34. The van der Waals surface area contributed by atoms with Crippen molar-refractivity contribution in [1.29, 1.82) is 0 Å². The van der Waals surface area contributed by atoms with Crippen molar-refractivity contribution in [3.05, 3.63) is 57.6 Å². The fraction of sp³-hybridized carbons (Fsp3) is 0.400. The topological polar surface area (TPSA) is 88.1 Å². The smallest absolute Gasteiger partial charge is 0.300 e. The predicted molar refractivity (Wildman–Crippen MR) is 103 cm³/mol. The molecule has 1 N–H and O–H groups in total. The summed E-state index contributed by atoms with van der Waals surface area (Å²) in [6, 6.07) is 10.1. The fourth-order valence-electron chi connectivity index (χ4n) is 2.55. The highest BCUT2D eigenvalue weighted by Gasteiger charge is 2.31. The Kier molecular flexibility index (Phi) is 5.16. The number of nitrogens with zero attached hydrogens (tertiary/aromatic N) is 3. The van der Waals surface area contributed by atoms with E-state index in [0.717, 1.165) is 5.56 Å². The Labute approximate surface area is 153 Å². The molecule has 6 nitrogen and oxygen atoms in total. The molecular formula is C20H25N3O3. The van der Waals surface area contributed by atoms with Crippen molar-refractivity contribution in [1.82, 2.24) is 0 Å². The molecule has 0 aliphatic carbocycles. The number of nitro groups is 1. The lowest BCUT2D eigenvalue weighted by atomic mass is 9.79. The van der Waals surface area contributed by atoms with Gasteiger partial charge in [-0.05, 0) is 40.7 Å². The molecule has 138 valence electrons. The lowest BCUT2D eigenvalue weighted by Crippen LogP contribution is -2.18. The second kappa shape index (κ2) is 6.86. The first-order chi connectivity index (χ1) is 11.9. The number of para-hydroxylation sites is 1. The van der Waals surface area contributed by atoms with Crippen molar-refractivity contribution in [2.45, 2.75) is 52.4 Å². The van der Waals surface area contributed by atoms with E-state index < -0.39 is 10.3 Å². The highest BCUT2D eigenvalue weighted by atomic mass is 16.6. The zero-order valence-corrected chi connectivity index (χ0v) is 16.1. The highest BCUT2D eigenvalue weighted by Crippen LogP contribution is 2.42. The molecule has 2 aromatic rings. The summed E-state index contributed by atoms with van der Waals surface area (Å²) in [6.07, 6.45) is 0. The normalized spacial score (nSPS) is 12.5. The first-order valence-electron chi connectivity index (χ1n) is 8.44. The molecule has 0 amide bonds. The van der Waals surface area contributed by atoms with Crippen molar-refractivity contribution >= 4 is 17.1 Å². The van der Waals surface area contributed by atoms with Crippen LogP contribution in [0.1, 0.15) is 52.7 Å². The van der Waals surface area contributed by atoms with Gasteiger partial charge in [0.05, 0.1) is 4.92 Å². The summed E-state index contributed by atoms with van der Waals surface area (Å²) in [7, 11) is 0. The molecule has 0 aliphatic heterocycles. The van der Waals surface area contributed by atoms with Gasteiger partial charge in [0.2, 0.25) is 0 Å². The Balaban J connectivity index is 2.73. The van der Waals surface area contributed by atoms with Crippen LogP contribution < -0.4 is 0 Å². The fourth-order valence-corrected chi connectivity index (χ4v) is 2.55. The maximum Gasteiger partial charge on any atom is 0.300 e. The van der Waals surface area contributed by atoms with Gasteiger partial charge in [0.1, 0.15) is 11.4 Å². The van der Waals surface area contributed by atoms with E-state index in [0.29, 0.717) is 5.56 Å². The maximum absolute atomic E-state index is 11.8. The minimum absolute atomic E-state index is 0.0260. The standard InChI is InChI=1S/C20H25N3O3/c1-19(2,3)13-11-14(20(4,5)6)18(23(25)26)16(12-13)22-21-15-9-7-8-10-17(15)24/h7-12,24H,1-6H3/b22-21+.